The van der Waals surface area contributed by atoms with Gasteiger partial charge in [-0.15, -0.1) is 0 Å². The zero-order chi connectivity index (χ0) is 18.9. The highest BCUT2D eigenvalue weighted by Gasteiger charge is 2.29. The lowest BCUT2D eigenvalue weighted by molar-refractivity contribution is 0.153. The van der Waals surface area contributed by atoms with Gasteiger partial charge in [-0.25, -0.2) is 0 Å². The normalized spacial score (nSPS) is 23.9. The number of nitrogens with one attached hydrogen (secondary N) is 2. The Bertz CT molecular complexity index is 628. The molecule has 2 aliphatic heterocycles. The molecule has 1 fully saturated rings. The fourth-order valence-electron chi connectivity index (χ4n) is 3.86. The first-order chi connectivity index (χ1) is 13.2. The van der Waals surface area contributed by atoms with Gasteiger partial charge in [-0.3, -0.25) is 9.89 Å². The maximum absolute atomic E-state index is 5.38. The molecule has 27 heavy (non-hydrogen) atoms. The monoisotopic (exact) mass is 370 g/mol. The number of likely N-dealkylation sites (tertiary alicyclic amines) is 1. The van der Waals surface area contributed by atoms with E-state index in [2.05, 4.69) is 65.8 Å². The van der Waals surface area contributed by atoms with E-state index >= 15 is 0 Å². The first-order valence-corrected chi connectivity index (χ1v) is 10.3. The van der Waals surface area contributed by atoms with E-state index in [-0.39, 0.29) is 0 Å². The molecule has 0 aromatic heterocycles. The molecule has 0 saturated carbocycles. The van der Waals surface area contributed by atoms with Crippen LogP contribution in [0.15, 0.2) is 47.0 Å². The largest absolute Gasteiger partial charge is 0.377 e. The number of guanidine groups is 1. The second kappa shape index (κ2) is 10.5. The summed E-state index contributed by atoms with van der Waals surface area (Å²) in [6.45, 7) is 9.85. The molecule has 0 spiro atoms. The Morgan fingerprint density at radius 1 is 1.30 bits per heavy atom. The first kappa shape index (κ1) is 19.9. The minimum atomic E-state index is 0.448. The van der Waals surface area contributed by atoms with Crippen LogP contribution in [0.1, 0.15) is 38.7 Å². The van der Waals surface area contributed by atoms with Crippen LogP contribution in [0.2, 0.25) is 0 Å². The lowest BCUT2D eigenvalue weighted by Gasteiger charge is -2.21. The maximum Gasteiger partial charge on any atom is 0.191 e. The van der Waals surface area contributed by atoms with Crippen LogP contribution in [0.3, 0.4) is 0 Å². The second-order valence-corrected chi connectivity index (χ2v) is 7.54. The van der Waals surface area contributed by atoms with Gasteiger partial charge < -0.3 is 15.4 Å². The molecule has 2 unspecified atom stereocenters. The van der Waals surface area contributed by atoms with Crippen LogP contribution in [0.4, 0.5) is 0 Å². The van der Waals surface area contributed by atoms with Crippen LogP contribution >= 0.6 is 0 Å². The average molecular weight is 371 g/mol. The smallest absolute Gasteiger partial charge is 0.191 e. The summed E-state index contributed by atoms with van der Waals surface area (Å²) in [4.78, 5) is 7.36. The highest BCUT2D eigenvalue weighted by Crippen LogP contribution is 2.20. The second-order valence-electron chi connectivity index (χ2n) is 7.54. The van der Waals surface area contributed by atoms with Gasteiger partial charge >= 0.3 is 0 Å². The summed E-state index contributed by atoms with van der Waals surface area (Å²) in [5.74, 6) is 0.948. The molecular formula is C22H34N4O. The minimum absolute atomic E-state index is 0.448. The number of aliphatic imine (C=N–C) groups is 1. The Balaban J connectivity index is 1.50. The van der Waals surface area contributed by atoms with E-state index in [1.807, 2.05) is 0 Å². The minimum Gasteiger partial charge on any atom is -0.377 e. The van der Waals surface area contributed by atoms with E-state index < -0.39 is 0 Å². The Hall–Kier alpha value is -1.85. The van der Waals surface area contributed by atoms with Crippen LogP contribution in [-0.4, -0.2) is 55.8 Å². The van der Waals surface area contributed by atoms with Gasteiger partial charge in [0, 0.05) is 38.3 Å². The van der Waals surface area contributed by atoms with Crippen molar-refractivity contribution < 1.29 is 4.74 Å². The van der Waals surface area contributed by atoms with Crippen LogP contribution in [0.5, 0.6) is 0 Å². The Morgan fingerprint density at radius 3 is 2.89 bits per heavy atom. The lowest BCUT2D eigenvalue weighted by atomic mass is 10.1. The van der Waals surface area contributed by atoms with Crippen LogP contribution in [0.25, 0.3) is 0 Å². The number of hydrogen-bond donors (Lipinski definition) is 2. The zero-order valence-electron chi connectivity index (χ0n) is 16.8. The number of rotatable bonds is 7. The molecule has 0 amide bonds. The molecular weight excluding hydrogens is 336 g/mol. The van der Waals surface area contributed by atoms with Crippen molar-refractivity contribution in [3.8, 4) is 0 Å². The van der Waals surface area contributed by atoms with Gasteiger partial charge in [0.05, 0.1) is 13.2 Å². The van der Waals surface area contributed by atoms with Crippen LogP contribution in [-0.2, 0) is 11.3 Å². The SMILES string of the molecule is CCNC(=NCCC1=CCOCC1)NC1CC(C)N(Cc2ccccc2)C1. The van der Waals surface area contributed by atoms with Crippen LogP contribution in [0, 0.1) is 0 Å². The molecule has 5 nitrogen and oxygen atoms in total. The average Bonchev–Trinajstić information content (AvgIpc) is 3.02. The summed E-state index contributed by atoms with van der Waals surface area (Å²) in [5, 5.41) is 7.06. The standard InChI is InChI=1S/C22H34N4O/c1-3-23-22(24-12-9-19-10-13-27-14-11-19)25-21-15-18(2)26(17-21)16-20-7-5-4-6-8-20/h4-8,10,18,21H,3,9,11-17H2,1-2H3,(H2,23,24,25). The molecule has 0 aliphatic carbocycles. The van der Waals surface area contributed by atoms with Gasteiger partial charge in [-0.05, 0) is 38.7 Å². The molecule has 3 rings (SSSR count). The molecule has 5 heteroatoms. The Labute approximate surface area is 163 Å². The zero-order valence-corrected chi connectivity index (χ0v) is 16.8. The predicted molar refractivity (Wildman–Crippen MR) is 112 cm³/mol. The molecule has 1 saturated heterocycles. The van der Waals surface area contributed by atoms with E-state index in [4.69, 9.17) is 9.73 Å². The Morgan fingerprint density at radius 2 is 2.15 bits per heavy atom. The van der Waals surface area contributed by atoms with E-state index in [0.29, 0.717) is 12.1 Å². The van der Waals surface area contributed by atoms with E-state index in [1.165, 1.54) is 11.1 Å². The third kappa shape index (κ3) is 6.36. The van der Waals surface area contributed by atoms with Gasteiger partial charge in [-0.2, -0.15) is 0 Å². The topological polar surface area (TPSA) is 48.9 Å². The van der Waals surface area contributed by atoms with Crippen molar-refractivity contribution >= 4 is 5.96 Å². The molecule has 1 aromatic carbocycles. The van der Waals surface area contributed by atoms with Crippen molar-refractivity contribution in [1.82, 2.24) is 15.5 Å². The number of ether oxygens (including phenoxy) is 1. The first-order valence-electron chi connectivity index (χ1n) is 10.3. The van der Waals surface area contributed by atoms with Crippen molar-refractivity contribution in [3.63, 3.8) is 0 Å². The van der Waals surface area contributed by atoms with Crippen molar-refractivity contribution in [2.75, 3.05) is 32.8 Å². The van der Waals surface area contributed by atoms with E-state index in [0.717, 1.165) is 64.6 Å². The van der Waals surface area contributed by atoms with Gasteiger partial charge in [0.25, 0.3) is 0 Å². The number of nitrogens with zero attached hydrogens (tertiary/aromatic N) is 2. The van der Waals surface area contributed by atoms with E-state index in [1.54, 1.807) is 0 Å². The van der Waals surface area contributed by atoms with Crippen molar-refractivity contribution in [3.05, 3.63) is 47.5 Å². The summed E-state index contributed by atoms with van der Waals surface area (Å²) in [7, 11) is 0. The van der Waals surface area contributed by atoms with Crippen LogP contribution < -0.4 is 10.6 Å². The molecule has 148 valence electrons. The summed E-state index contributed by atoms with van der Waals surface area (Å²) >= 11 is 0. The number of hydrogen-bond acceptors (Lipinski definition) is 3. The highest BCUT2D eigenvalue weighted by molar-refractivity contribution is 5.80. The summed E-state index contributed by atoms with van der Waals surface area (Å²) in [6.07, 6.45) is 5.44. The predicted octanol–water partition coefficient (Wildman–Crippen LogP) is 2.94. The maximum atomic E-state index is 5.38. The van der Waals surface area contributed by atoms with Gasteiger partial charge in [0.2, 0.25) is 0 Å². The molecule has 1 aromatic rings. The molecule has 2 aliphatic rings. The van der Waals surface area contributed by atoms with Gasteiger partial charge in [0.15, 0.2) is 5.96 Å². The third-order valence-electron chi connectivity index (χ3n) is 5.38. The van der Waals surface area contributed by atoms with Gasteiger partial charge in [0.1, 0.15) is 0 Å². The van der Waals surface area contributed by atoms with Crippen molar-refractivity contribution in [2.24, 2.45) is 4.99 Å². The quantitative estimate of drug-likeness (QED) is 0.440. The highest BCUT2D eigenvalue weighted by atomic mass is 16.5. The molecule has 0 radical (unpaired) electrons. The summed E-state index contributed by atoms with van der Waals surface area (Å²) in [6, 6.07) is 11.8. The molecule has 2 atom stereocenters. The van der Waals surface area contributed by atoms with E-state index in [9.17, 15) is 0 Å². The van der Waals surface area contributed by atoms with Crippen molar-refractivity contribution in [2.45, 2.75) is 51.7 Å². The fraction of sp³-hybridized carbons (Fsp3) is 0.591. The molecule has 2 N–H and O–H groups in total. The summed E-state index contributed by atoms with van der Waals surface area (Å²) in [5.41, 5.74) is 2.86. The molecule has 2 heterocycles. The lowest BCUT2D eigenvalue weighted by Crippen LogP contribution is -2.44. The van der Waals surface area contributed by atoms with Gasteiger partial charge in [-0.1, -0.05) is 42.0 Å². The molecule has 0 bridgehead atoms. The Kier molecular flexibility index (Phi) is 7.72. The van der Waals surface area contributed by atoms with Crippen molar-refractivity contribution in [1.29, 1.82) is 0 Å². The summed E-state index contributed by atoms with van der Waals surface area (Å²) < 4.78 is 5.38. The number of benzene rings is 1. The third-order valence-corrected chi connectivity index (χ3v) is 5.38. The fourth-order valence-corrected chi connectivity index (χ4v) is 3.86.